The Morgan fingerprint density at radius 1 is 1.24 bits per heavy atom. The summed E-state index contributed by atoms with van der Waals surface area (Å²) < 4.78 is 1.82. The van der Waals surface area contributed by atoms with E-state index < -0.39 is 17.8 Å². The number of nitrogens with one attached hydrogen (secondary N) is 2. The van der Waals surface area contributed by atoms with E-state index >= 15 is 0 Å². The molecular formula is C18H18N4O3. The third-order valence-electron chi connectivity index (χ3n) is 3.84. The Morgan fingerprint density at radius 2 is 2.04 bits per heavy atom. The van der Waals surface area contributed by atoms with Crippen LogP contribution in [0.1, 0.15) is 11.3 Å². The molecule has 25 heavy (non-hydrogen) atoms. The molecule has 2 N–H and O–H groups in total. The second-order valence-electron chi connectivity index (χ2n) is 5.84. The maximum absolute atomic E-state index is 12.4. The summed E-state index contributed by atoms with van der Waals surface area (Å²) in [4.78, 5) is 37.4. The molecule has 0 aliphatic carbocycles. The first-order valence-corrected chi connectivity index (χ1v) is 7.76. The van der Waals surface area contributed by atoms with Crippen LogP contribution in [0.4, 0.5) is 10.5 Å². The summed E-state index contributed by atoms with van der Waals surface area (Å²) in [5.41, 5.74) is 2.54. The molecule has 1 aromatic heterocycles. The average molecular weight is 338 g/mol. The Labute approximate surface area is 144 Å². The van der Waals surface area contributed by atoms with Crippen LogP contribution < -0.4 is 10.6 Å². The standard InChI is InChI=1S/C18H18N4O3/c1-12-5-3-6-13(9-12)19-16(23)11-22-17(24)15(20-18(22)25)10-14-7-4-8-21(14)2/h3-10H,11H2,1-2H3,(H,19,23)(H,20,25)/b15-10-. The number of aromatic nitrogens is 1. The van der Waals surface area contributed by atoms with Crippen LogP contribution in [0.25, 0.3) is 6.08 Å². The van der Waals surface area contributed by atoms with Gasteiger partial charge in [-0.1, -0.05) is 12.1 Å². The molecule has 0 bridgehead atoms. The molecule has 128 valence electrons. The molecule has 0 saturated carbocycles. The number of carbonyl (C=O) groups excluding carboxylic acids is 3. The van der Waals surface area contributed by atoms with Crippen LogP contribution in [-0.2, 0) is 16.6 Å². The zero-order chi connectivity index (χ0) is 18.0. The van der Waals surface area contributed by atoms with Crippen molar-refractivity contribution in [2.24, 2.45) is 7.05 Å². The summed E-state index contributed by atoms with van der Waals surface area (Å²) in [5.74, 6) is -0.959. The summed E-state index contributed by atoms with van der Waals surface area (Å²) in [7, 11) is 1.83. The normalized spacial score (nSPS) is 15.6. The molecule has 0 unspecified atom stereocenters. The molecule has 2 heterocycles. The molecular weight excluding hydrogens is 320 g/mol. The van der Waals surface area contributed by atoms with Gasteiger partial charge in [-0.25, -0.2) is 9.69 Å². The van der Waals surface area contributed by atoms with Crippen molar-refractivity contribution in [2.45, 2.75) is 6.92 Å². The second kappa shape index (κ2) is 6.64. The highest BCUT2D eigenvalue weighted by atomic mass is 16.2. The highest BCUT2D eigenvalue weighted by Gasteiger charge is 2.35. The minimum Gasteiger partial charge on any atom is -0.351 e. The third-order valence-corrected chi connectivity index (χ3v) is 3.84. The van der Waals surface area contributed by atoms with Gasteiger partial charge in [-0.3, -0.25) is 9.59 Å². The topological polar surface area (TPSA) is 83.4 Å². The van der Waals surface area contributed by atoms with Crippen LogP contribution in [0, 0.1) is 6.92 Å². The maximum Gasteiger partial charge on any atom is 0.329 e. The van der Waals surface area contributed by atoms with Gasteiger partial charge in [-0.2, -0.15) is 0 Å². The number of hydrogen-bond acceptors (Lipinski definition) is 3. The molecule has 7 heteroatoms. The first-order valence-electron chi connectivity index (χ1n) is 7.76. The fourth-order valence-corrected chi connectivity index (χ4v) is 2.55. The lowest BCUT2D eigenvalue weighted by Crippen LogP contribution is -2.38. The van der Waals surface area contributed by atoms with E-state index in [1.54, 1.807) is 12.1 Å². The van der Waals surface area contributed by atoms with Gasteiger partial charge in [0.1, 0.15) is 12.2 Å². The van der Waals surface area contributed by atoms with E-state index in [-0.39, 0.29) is 12.2 Å². The number of benzene rings is 1. The van der Waals surface area contributed by atoms with Gasteiger partial charge >= 0.3 is 6.03 Å². The molecule has 3 rings (SSSR count). The summed E-state index contributed by atoms with van der Waals surface area (Å²) in [6.07, 6.45) is 3.42. The zero-order valence-corrected chi connectivity index (χ0v) is 13.9. The minimum absolute atomic E-state index is 0.148. The highest BCUT2D eigenvalue weighted by Crippen LogP contribution is 2.15. The first kappa shape index (κ1) is 16.5. The fraction of sp³-hybridized carbons (Fsp3) is 0.167. The Kier molecular flexibility index (Phi) is 4.38. The maximum atomic E-state index is 12.4. The predicted molar refractivity (Wildman–Crippen MR) is 93.4 cm³/mol. The summed E-state index contributed by atoms with van der Waals surface area (Å²) in [6, 6.07) is 10.3. The van der Waals surface area contributed by atoms with Crippen molar-refractivity contribution in [1.82, 2.24) is 14.8 Å². The predicted octanol–water partition coefficient (Wildman–Crippen LogP) is 1.86. The summed E-state index contributed by atoms with van der Waals surface area (Å²) in [6.45, 7) is 1.57. The number of anilines is 1. The lowest BCUT2D eigenvalue weighted by molar-refractivity contribution is -0.127. The van der Waals surface area contributed by atoms with Crippen molar-refractivity contribution in [2.75, 3.05) is 11.9 Å². The number of carbonyl (C=O) groups is 3. The molecule has 0 radical (unpaired) electrons. The second-order valence-corrected chi connectivity index (χ2v) is 5.84. The van der Waals surface area contributed by atoms with E-state index in [0.29, 0.717) is 5.69 Å². The van der Waals surface area contributed by atoms with Crippen molar-refractivity contribution in [3.8, 4) is 0 Å². The molecule has 4 amide bonds. The van der Waals surface area contributed by atoms with Gasteiger partial charge in [0, 0.05) is 24.6 Å². The largest absolute Gasteiger partial charge is 0.351 e. The summed E-state index contributed by atoms with van der Waals surface area (Å²) >= 11 is 0. The van der Waals surface area contributed by atoms with E-state index in [0.717, 1.165) is 16.2 Å². The Morgan fingerprint density at radius 3 is 2.72 bits per heavy atom. The van der Waals surface area contributed by atoms with Crippen molar-refractivity contribution >= 4 is 29.6 Å². The number of rotatable bonds is 4. The molecule has 1 aromatic carbocycles. The Hall–Kier alpha value is -3.35. The van der Waals surface area contributed by atoms with E-state index in [2.05, 4.69) is 10.6 Å². The molecule has 1 saturated heterocycles. The smallest absolute Gasteiger partial charge is 0.329 e. The van der Waals surface area contributed by atoms with Gasteiger partial charge in [0.25, 0.3) is 5.91 Å². The molecule has 0 atom stereocenters. The van der Waals surface area contributed by atoms with E-state index in [1.807, 2.05) is 55.1 Å². The Balaban J connectivity index is 1.69. The molecule has 1 aliphatic heterocycles. The van der Waals surface area contributed by atoms with Crippen molar-refractivity contribution in [3.63, 3.8) is 0 Å². The first-order chi connectivity index (χ1) is 11.9. The number of amides is 4. The van der Waals surface area contributed by atoms with Crippen LogP contribution in [0.3, 0.4) is 0 Å². The van der Waals surface area contributed by atoms with Crippen molar-refractivity contribution in [3.05, 3.63) is 59.5 Å². The van der Waals surface area contributed by atoms with Gasteiger partial charge in [-0.05, 0) is 42.8 Å². The van der Waals surface area contributed by atoms with Crippen LogP contribution in [0.5, 0.6) is 0 Å². The minimum atomic E-state index is -0.607. The van der Waals surface area contributed by atoms with Gasteiger partial charge in [0.15, 0.2) is 0 Å². The average Bonchev–Trinajstić information content (AvgIpc) is 3.06. The quantitative estimate of drug-likeness (QED) is 0.659. The molecule has 1 fully saturated rings. The zero-order valence-electron chi connectivity index (χ0n) is 13.9. The van der Waals surface area contributed by atoms with Crippen LogP contribution >= 0.6 is 0 Å². The molecule has 1 aliphatic rings. The van der Waals surface area contributed by atoms with Crippen LogP contribution in [0.15, 0.2) is 48.3 Å². The van der Waals surface area contributed by atoms with Gasteiger partial charge in [0.2, 0.25) is 5.91 Å². The van der Waals surface area contributed by atoms with E-state index in [9.17, 15) is 14.4 Å². The van der Waals surface area contributed by atoms with Gasteiger partial charge in [-0.15, -0.1) is 0 Å². The lowest BCUT2D eigenvalue weighted by atomic mass is 10.2. The van der Waals surface area contributed by atoms with Crippen LogP contribution in [0.2, 0.25) is 0 Å². The number of imide groups is 1. The number of nitrogens with zero attached hydrogens (tertiary/aromatic N) is 2. The molecule has 7 nitrogen and oxygen atoms in total. The van der Waals surface area contributed by atoms with Gasteiger partial charge in [0.05, 0.1) is 0 Å². The number of urea groups is 1. The molecule has 0 spiro atoms. The number of aryl methyl sites for hydroxylation is 2. The monoisotopic (exact) mass is 338 g/mol. The van der Waals surface area contributed by atoms with E-state index in [4.69, 9.17) is 0 Å². The van der Waals surface area contributed by atoms with E-state index in [1.165, 1.54) is 0 Å². The van der Waals surface area contributed by atoms with Gasteiger partial charge < -0.3 is 15.2 Å². The lowest BCUT2D eigenvalue weighted by Gasteiger charge is -2.12. The highest BCUT2D eigenvalue weighted by molar-refractivity contribution is 6.15. The van der Waals surface area contributed by atoms with Crippen molar-refractivity contribution < 1.29 is 14.4 Å². The third kappa shape index (κ3) is 3.60. The number of hydrogen-bond donors (Lipinski definition) is 2. The molecule has 2 aromatic rings. The SMILES string of the molecule is Cc1cccc(NC(=O)CN2C(=O)N/C(=C\c3cccn3C)C2=O)c1. The van der Waals surface area contributed by atoms with Crippen molar-refractivity contribution in [1.29, 1.82) is 0 Å². The van der Waals surface area contributed by atoms with Crippen LogP contribution in [-0.4, -0.2) is 33.9 Å². The fourth-order valence-electron chi connectivity index (χ4n) is 2.55. The summed E-state index contributed by atoms with van der Waals surface area (Å²) in [5, 5.41) is 5.19. The Bertz CT molecular complexity index is 882.